The zero-order chi connectivity index (χ0) is 18.6. The Hall–Kier alpha value is -2.96. The summed E-state index contributed by atoms with van der Waals surface area (Å²) in [4.78, 5) is 14.2. The van der Waals surface area contributed by atoms with E-state index >= 15 is 0 Å². The molecular weight excluding hydrogens is 340 g/mol. The highest BCUT2D eigenvalue weighted by Gasteiger charge is 2.19. The normalized spacial score (nSPS) is 11.4. The van der Waals surface area contributed by atoms with Crippen molar-refractivity contribution in [3.8, 4) is 11.8 Å². The molecular formula is C16H12F4N4O. The number of pyridine rings is 1. The molecule has 5 N–H and O–H groups in total. The van der Waals surface area contributed by atoms with Crippen LogP contribution in [0, 0.1) is 35.4 Å². The van der Waals surface area contributed by atoms with Crippen molar-refractivity contribution >= 4 is 11.6 Å². The maximum absolute atomic E-state index is 13.6. The van der Waals surface area contributed by atoms with Crippen LogP contribution in [0.5, 0.6) is 0 Å². The summed E-state index contributed by atoms with van der Waals surface area (Å²) in [5.41, 5.74) is 10.0. The first-order chi connectivity index (χ1) is 11.8. The number of nitrogens with two attached hydrogens (primary N) is 2. The SMILES string of the molecule is NCC(N)C(=O)Nc1ccccc1C#Cc1c(F)c(F)nc(F)c1F. The maximum Gasteiger partial charge on any atom is 0.253 e. The molecule has 0 fully saturated rings. The first kappa shape index (κ1) is 18.4. The fourth-order valence-electron chi connectivity index (χ4n) is 1.76. The summed E-state index contributed by atoms with van der Waals surface area (Å²) in [6.07, 6.45) is 0. The second-order valence-corrected chi connectivity index (χ2v) is 4.82. The molecule has 2 aromatic rings. The van der Waals surface area contributed by atoms with Gasteiger partial charge >= 0.3 is 0 Å². The van der Waals surface area contributed by atoms with Crippen LogP contribution < -0.4 is 16.8 Å². The van der Waals surface area contributed by atoms with Crippen LogP contribution in [0.1, 0.15) is 11.1 Å². The van der Waals surface area contributed by atoms with Gasteiger partial charge in [-0.2, -0.15) is 13.8 Å². The molecule has 1 heterocycles. The van der Waals surface area contributed by atoms with Gasteiger partial charge in [-0.1, -0.05) is 24.0 Å². The maximum atomic E-state index is 13.6. The van der Waals surface area contributed by atoms with Crippen molar-refractivity contribution in [3.05, 3.63) is 58.9 Å². The van der Waals surface area contributed by atoms with Crippen molar-refractivity contribution in [2.75, 3.05) is 11.9 Å². The van der Waals surface area contributed by atoms with Crippen LogP contribution in [0.2, 0.25) is 0 Å². The predicted molar refractivity (Wildman–Crippen MR) is 82.2 cm³/mol. The number of carbonyl (C=O) groups is 1. The Morgan fingerprint density at radius 2 is 1.72 bits per heavy atom. The smallest absolute Gasteiger partial charge is 0.253 e. The molecule has 5 nitrogen and oxygen atoms in total. The monoisotopic (exact) mass is 352 g/mol. The van der Waals surface area contributed by atoms with Gasteiger partial charge in [-0.3, -0.25) is 4.79 Å². The van der Waals surface area contributed by atoms with Crippen LogP contribution in [0.15, 0.2) is 24.3 Å². The fraction of sp³-hybridized carbons (Fsp3) is 0.125. The molecule has 0 aliphatic heterocycles. The van der Waals surface area contributed by atoms with Gasteiger partial charge in [0.2, 0.25) is 5.91 Å². The van der Waals surface area contributed by atoms with Crippen molar-refractivity contribution < 1.29 is 22.4 Å². The number of hydrogen-bond acceptors (Lipinski definition) is 4. The molecule has 130 valence electrons. The van der Waals surface area contributed by atoms with Crippen molar-refractivity contribution in [2.24, 2.45) is 11.5 Å². The van der Waals surface area contributed by atoms with Crippen molar-refractivity contribution in [2.45, 2.75) is 6.04 Å². The number of rotatable bonds is 3. The third kappa shape index (κ3) is 4.12. The molecule has 0 saturated heterocycles. The number of aromatic nitrogens is 1. The van der Waals surface area contributed by atoms with Crippen molar-refractivity contribution in [1.29, 1.82) is 0 Å². The Bertz CT molecular complexity index is 850. The summed E-state index contributed by atoms with van der Waals surface area (Å²) < 4.78 is 53.3. The van der Waals surface area contributed by atoms with Gasteiger partial charge < -0.3 is 16.8 Å². The third-order valence-corrected chi connectivity index (χ3v) is 3.10. The van der Waals surface area contributed by atoms with E-state index in [2.05, 4.69) is 16.2 Å². The zero-order valence-corrected chi connectivity index (χ0v) is 12.6. The Kier molecular flexibility index (Phi) is 5.69. The zero-order valence-electron chi connectivity index (χ0n) is 12.6. The van der Waals surface area contributed by atoms with Gasteiger partial charge in [-0.05, 0) is 12.1 Å². The lowest BCUT2D eigenvalue weighted by atomic mass is 10.1. The highest BCUT2D eigenvalue weighted by molar-refractivity contribution is 5.96. The topological polar surface area (TPSA) is 94.0 Å². The van der Waals surface area contributed by atoms with Gasteiger partial charge in [0.05, 0.1) is 11.7 Å². The second-order valence-electron chi connectivity index (χ2n) is 4.82. The molecule has 1 atom stereocenters. The molecule has 0 bridgehead atoms. The summed E-state index contributed by atoms with van der Waals surface area (Å²) in [5.74, 6) is -3.26. The molecule has 0 aliphatic rings. The minimum absolute atomic E-state index is 0.0916. The predicted octanol–water partition coefficient (Wildman–Crippen LogP) is 1.26. The summed E-state index contributed by atoms with van der Waals surface area (Å²) in [7, 11) is 0. The Morgan fingerprint density at radius 1 is 1.12 bits per heavy atom. The van der Waals surface area contributed by atoms with Crippen molar-refractivity contribution in [3.63, 3.8) is 0 Å². The van der Waals surface area contributed by atoms with Gasteiger partial charge in [-0.15, -0.1) is 0 Å². The molecule has 0 aliphatic carbocycles. The van der Waals surface area contributed by atoms with Gasteiger partial charge in [0, 0.05) is 12.1 Å². The molecule has 0 spiro atoms. The van der Waals surface area contributed by atoms with Crippen LogP contribution in [-0.2, 0) is 4.79 Å². The van der Waals surface area contributed by atoms with E-state index in [1.165, 1.54) is 12.1 Å². The number of benzene rings is 1. The van der Waals surface area contributed by atoms with E-state index in [0.717, 1.165) is 0 Å². The first-order valence-electron chi connectivity index (χ1n) is 6.92. The highest BCUT2D eigenvalue weighted by Crippen LogP contribution is 2.17. The van der Waals surface area contributed by atoms with E-state index in [1.54, 1.807) is 12.1 Å². The van der Waals surface area contributed by atoms with Gasteiger partial charge in [0.1, 0.15) is 5.56 Å². The second kappa shape index (κ2) is 7.74. The minimum atomic E-state index is -1.81. The lowest BCUT2D eigenvalue weighted by Gasteiger charge is -2.11. The highest BCUT2D eigenvalue weighted by atomic mass is 19.2. The molecule has 2 rings (SSSR count). The van der Waals surface area contributed by atoms with Crippen LogP contribution in [0.4, 0.5) is 23.2 Å². The number of halogens is 4. The van der Waals surface area contributed by atoms with E-state index in [4.69, 9.17) is 11.5 Å². The third-order valence-electron chi connectivity index (χ3n) is 3.10. The van der Waals surface area contributed by atoms with E-state index in [1.807, 2.05) is 5.92 Å². The fourth-order valence-corrected chi connectivity index (χ4v) is 1.76. The van der Waals surface area contributed by atoms with E-state index in [9.17, 15) is 22.4 Å². The number of nitrogens with zero attached hydrogens (tertiary/aromatic N) is 1. The average Bonchev–Trinajstić information content (AvgIpc) is 2.60. The molecule has 0 radical (unpaired) electrons. The summed E-state index contributed by atoms with van der Waals surface area (Å²) >= 11 is 0. The Balaban J connectivity index is 2.41. The Labute approximate surface area is 140 Å². The summed E-state index contributed by atoms with van der Waals surface area (Å²) in [6, 6.07) is 5.05. The molecule has 1 unspecified atom stereocenters. The quantitative estimate of drug-likeness (QED) is 0.440. The Morgan fingerprint density at radius 3 is 2.32 bits per heavy atom. The number of anilines is 1. The van der Waals surface area contributed by atoms with Gasteiger partial charge in [-0.25, -0.2) is 8.78 Å². The molecule has 1 aromatic heterocycles. The molecule has 25 heavy (non-hydrogen) atoms. The van der Waals surface area contributed by atoms with E-state index < -0.39 is 41.0 Å². The largest absolute Gasteiger partial charge is 0.328 e. The van der Waals surface area contributed by atoms with Gasteiger partial charge in [0.15, 0.2) is 11.6 Å². The molecule has 1 aromatic carbocycles. The molecule has 0 saturated carbocycles. The number of amides is 1. The van der Waals surface area contributed by atoms with Crippen LogP contribution >= 0.6 is 0 Å². The van der Waals surface area contributed by atoms with Crippen LogP contribution in [0.25, 0.3) is 0 Å². The van der Waals surface area contributed by atoms with Crippen molar-refractivity contribution in [1.82, 2.24) is 4.98 Å². The number of hydrogen-bond donors (Lipinski definition) is 3. The van der Waals surface area contributed by atoms with Crippen LogP contribution in [0.3, 0.4) is 0 Å². The number of nitrogens with one attached hydrogen (secondary N) is 1. The van der Waals surface area contributed by atoms with Crippen LogP contribution in [-0.4, -0.2) is 23.5 Å². The summed E-state index contributed by atoms with van der Waals surface area (Å²) in [5, 5.41) is 2.46. The molecule has 9 heteroatoms. The average molecular weight is 352 g/mol. The lowest BCUT2D eigenvalue weighted by Crippen LogP contribution is -2.41. The lowest BCUT2D eigenvalue weighted by molar-refractivity contribution is -0.117. The van der Waals surface area contributed by atoms with Gasteiger partial charge in [0.25, 0.3) is 11.9 Å². The first-order valence-corrected chi connectivity index (χ1v) is 6.92. The minimum Gasteiger partial charge on any atom is -0.328 e. The summed E-state index contributed by atoms with van der Waals surface area (Å²) in [6.45, 7) is -0.0916. The standard InChI is InChI=1S/C16H12F4N4O/c17-12-9(13(18)15(20)24-14(12)19)6-5-8-3-1-2-4-11(8)23-16(25)10(22)7-21/h1-4,10H,7,21-22H2,(H,23,25). The number of para-hydroxylation sites is 1. The van der Waals surface area contributed by atoms with E-state index in [0.29, 0.717) is 0 Å². The number of carbonyl (C=O) groups excluding carboxylic acids is 1. The molecule has 1 amide bonds. The van der Waals surface area contributed by atoms with E-state index in [-0.39, 0.29) is 17.8 Å².